The first kappa shape index (κ1) is 19.4. The van der Waals surface area contributed by atoms with Crippen LogP contribution < -0.4 is 9.74 Å². The fourth-order valence-corrected chi connectivity index (χ4v) is 4.49. The van der Waals surface area contributed by atoms with Gasteiger partial charge in [-0.1, -0.05) is 77.3 Å². The fraction of sp³-hybridized carbons (Fsp3) is 0.409. The second-order valence-corrected chi connectivity index (χ2v) is 7.52. The van der Waals surface area contributed by atoms with E-state index in [4.69, 9.17) is 4.84 Å². The van der Waals surface area contributed by atoms with Crippen molar-refractivity contribution < 1.29 is 9.94 Å². The van der Waals surface area contributed by atoms with Gasteiger partial charge in [-0.2, -0.15) is 0 Å². The zero-order valence-electron chi connectivity index (χ0n) is 16.6. The first-order valence-electron chi connectivity index (χ1n) is 10.1. The number of aliphatic hydroxyl groups is 1. The highest BCUT2D eigenvalue weighted by atomic mass is 16.7. The zero-order chi connectivity index (χ0) is 20.1. The molecule has 3 unspecified atom stereocenters. The van der Waals surface area contributed by atoms with Crippen LogP contribution in [0.5, 0.6) is 0 Å². The van der Waals surface area contributed by atoms with Crippen molar-refractivity contribution in [2.75, 3.05) is 18.6 Å². The molecule has 29 heavy (non-hydrogen) atoms. The van der Waals surface area contributed by atoms with E-state index < -0.39 is 0 Å². The number of aromatic nitrogens is 4. The molecule has 7 nitrogen and oxygen atoms in total. The number of tetrazole rings is 1. The first-order valence-corrected chi connectivity index (χ1v) is 10.1. The van der Waals surface area contributed by atoms with Crippen molar-refractivity contribution in [3.63, 3.8) is 0 Å². The Labute approximate surface area is 170 Å². The van der Waals surface area contributed by atoms with Crippen molar-refractivity contribution in [1.29, 1.82) is 0 Å². The Kier molecular flexibility index (Phi) is 6.05. The Morgan fingerprint density at radius 2 is 1.79 bits per heavy atom. The van der Waals surface area contributed by atoms with Crippen LogP contribution in [-0.2, 0) is 6.54 Å². The molecule has 152 valence electrons. The molecule has 3 aromatic rings. The molecule has 2 aromatic carbocycles. The molecule has 0 amide bonds. The number of nitrogens with zero attached hydrogens (tertiary/aromatic N) is 5. The third-order valence-electron chi connectivity index (χ3n) is 5.82. The average molecular weight is 393 g/mol. The maximum absolute atomic E-state index is 10.1. The topological polar surface area (TPSA) is 76.3 Å². The molecular formula is C22H27N5O2. The van der Waals surface area contributed by atoms with Crippen LogP contribution in [0.1, 0.15) is 36.3 Å². The summed E-state index contributed by atoms with van der Waals surface area (Å²) < 4.78 is 0. The second-order valence-electron chi connectivity index (χ2n) is 7.52. The summed E-state index contributed by atoms with van der Waals surface area (Å²) in [4.78, 5) is 8.46. The summed E-state index contributed by atoms with van der Waals surface area (Å²) in [6.07, 6.45) is 3.08. The van der Waals surface area contributed by atoms with E-state index in [1.807, 2.05) is 24.3 Å². The van der Waals surface area contributed by atoms with Gasteiger partial charge >= 0.3 is 0 Å². The SMILES string of the molecule is COn1nnc(N(Cc2ccccc2)C2CCCC(CO)C2c2ccccc2)n1. The summed E-state index contributed by atoms with van der Waals surface area (Å²) >= 11 is 0. The molecule has 0 radical (unpaired) electrons. The van der Waals surface area contributed by atoms with Crippen LogP contribution in [0.15, 0.2) is 60.7 Å². The minimum absolute atomic E-state index is 0.151. The standard InChI is InChI=1S/C22H27N5O2/c1-29-27-24-22(23-25-27)26(15-17-9-4-2-5-10-17)20-14-8-13-19(16-28)21(20)18-11-6-3-7-12-18/h2-7,9-12,19-21,28H,8,13-16H2,1H3. The molecule has 1 saturated carbocycles. The van der Waals surface area contributed by atoms with Crippen LogP contribution >= 0.6 is 0 Å². The third kappa shape index (κ3) is 4.24. The van der Waals surface area contributed by atoms with Gasteiger partial charge in [-0.25, -0.2) is 0 Å². The van der Waals surface area contributed by atoms with Gasteiger partial charge in [0.05, 0.1) is 0 Å². The minimum Gasteiger partial charge on any atom is -0.396 e. The van der Waals surface area contributed by atoms with Crippen molar-refractivity contribution in [1.82, 2.24) is 20.4 Å². The normalized spacial score (nSPS) is 21.7. The molecule has 1 aliphatic rings. The van der Waals surface area contributed by atoms with Crippen LogP contribution in [0.4, 0.5) is 5.95 Å². The van der Waals surface area contributed by atoms with E-state index in [0.29, 0.717) is 12.5 Å². The number of hydrogen-bond acceptors (Lipinski definition) is 6. The van der Waals surface area contributed by atoms with Crippen LogP contribution in [-0.4, -0.2) is 45.2 Å². The van der Waals surface area contributed by atoms with Gasteiger partial charge in [0, 0.05) is 30.1 Å². The van der Waals surface area contributed by atoms with E-state index >= 15 is 0 Å². The Morgan fingerprint density at radius 3 is 2.45 bits per heavy atom. The summed E-state index contributed by atoms with van der Waals surface area (Å²) in [5.74, 6) is 0.931. The summed E-state index contributed by atoms with van der Waals surface area (Å²) in [7, 11) is 1.52. The van der Waals surface area contributed by atoms with Crippen molar-refractivity contribution in [2.24, 2.45) is 5.92 Å². The molecule has 3 atom stereocenters. The summed E-state index contributed by atoms with van der Waals surface area (Å²) in [6, 6.07) is 20.9. The number of hydrogen-bond donors (Lipinski definition) is 1. The number of rotatable bonds is 7. The predicted molar refractivity (Wildman–Crippen MR) is 110 cm³/mol. The van der Waals surface area contributed by atoms with Gasteiger partial charge in [0.25, 0.3) is 5.95 Å². The molecule has 1 N–H and O–H groups in total. The monoisotopic (exact) mass is 393 g/mol. The fourth-order valence-electron chi connectivity index (χ4n) is 4.49. The van der Waals surface area contributed by atoms with E-state index in [1.54, 1.807) is 0 Å². The lowest BCUT2D eigenvalue weighted by molar-refractivity contribution is 0.0957. The van der Waals surface area contributed by atoms with Gasteiger partial charge in [0.2, 0.25) is 0 Å². The molecule has 1 fully saturated rings. The zero-order valence-corrected chi connectivity index (χ0v) is 16.6. The molecule has 1 aliphatic carbocycles. The molecule has 7 heteroatoms. The van der Waals surface area contributed by atoms with Crippen molar-refractivity contribution in [2.45, 2.75) is 37.8 Å². The lowest BCUT2D eigenvalue weighted by atomic mass is 9.72. The molecule has 4 rings (SSSR count). The summed E-state index contributed by atoms with van der Waals surface area (Å²) in [5.41, 5.74) is 2.42. The molecule has 1 aromatic heterocycles. The number of benzene rings is 2. The lowest BCUT2D eigenvalue weighted by Gasteiger charge is -2.43. The van der Waals surface area contributed by atoms with Gasteiger partial charge in [-0.15, -0.1) is 0 Å². The van der Waals surface area contributed by atoms with Crippen LogP contribution in [0.2, 0.25) is 0 Å². The van der Waals surface area contributed by atoms with Gasteiger partial charge in [-0.05, 0) is 35.1 Å². The quantitative estimate of drug-likeness (QED) is 0.665. The minimum atomic E-state index is 0.151. The third-order valence-corrected chi connectivity index (χ3v) is 5.82. The Bertz CT molecular complexity index is 886. The maximum Gasteiger partial charge on any atom is 0.270 e. The Balaban J connectivity index is 1.74. The number of anilines is 1. The predicted octanol–water partition coefficient (Wildman–Crippen LogP) is 2.68. The van der Waals surface area contributed by atoms with Crippen molar-refractivity contribution >= 4 is 5.95 Å². The largest absolute Gasteiger partial charge is 0.396 e. The van der Waals surface area contributed by atoms with Crippen LogP contribution in [0.25, 0.3) is 0 Å². The molecule has 0 saturated heterocycles. The number of aliphatic hydroxyl groups excluding tert-OH is 1. The molecule has 1 heterocycles. The molecule has 0 spiro atoms. The Hall–Kier alpha value is -2.93. The highest BCUT2D eigenvalue weighted by Crippen LogP contribution is 2.41. The van der Waals surface area contributed by atoms with E-state index in [1.165, 1.54) is 18.2 Å². The lowest BCUT2D eigenvalue weighted by Crippen LogP contribution is -2.45. The van der Waals surface area contributed by atoms with E-state index in [2.05, 4.69) is 56.7 Å². The highest BCUT2D eigenvalue weighted by Gasteiger charge is 2.39. The van der Waals surface area contributed by atoms with E-state index in [-0.39, 0.29) is 24.5 Å². The second kappa shape index (κ2) is 9.05. The smallest absolute Gasteiger partial charge is 0.270 e. The highest BCUT2D eigenvalue weighted by molar-refractivity contribution is 5.36. The van der Waals surface area contributed by atoms with Crippen molar-refractivity contribution in [3.05, 3.63) is 71.8 Å². The van der Waals surface area contributed by atoms with Gasteiger partial charge in [0.15, 0.2) is 0 Å². The summed E-state index contributed by atoms with van der Waals surface area (Å²) in [5, 5.41) is 22.8. The van der Waals surface area contributed by atoms with E-state index in [0.717, 1.165) is 24.2 Å². The summed E-state index contributed by atoms with van der Waals surface area (Å²) in [6.45, 7) is 0.843. The Morgan fingerprint density at radius 1 is 1.07 bits per heavy atom. The van der Waals surface area contributed by atoms with Crippen molar-refractivity contribution in [3.8, 4) is 0 Å². The molecule has 0 bridgehead atoms. The van der Waals surface area contributed by atoms with Gasteiger partial charge in [0.1, 0.15) is 7.11 Å². The maximum atomic E-state index is 10.1. The average Bonchev–Trinajstić information content (AvgIpc) is 3.27. The van der Waals surface area contributed by atoms with Gasteiger partial charge in [-0.3, -0.25) is 0 Å². The first-order chi connectivity index (χ1) is 14.3. The van der Waals surface area contributed by atoms with Crippen LogP contribution in [0.3, 0.4) is 0 Å². The molecular weight excluding hydrogens is 366 g/mol. The van der Waals surface area contributed by atoms with E-state index in [9.17, 15) is 5.11 Å². The van der Waals surface area contributed by atoms with Gasteiger partial charge < -0.3 is 14.8 Å². The molecule has 0 aliphatic heterocycles. The van der Waals surface area contributed by atoms with Crippen LogP contribution in [0, 0.1) is 5.92 Å².